The van der Waals surface area contributed by atoms with Crippen LogP contribution in [0.4, 0.5) is 5.69 Å². The molecule has 2 aliphatic rings. The van der Waals surface area contributed by atoms with Crippen LogP contribution in [-0.2, 0) is 27.8 Å². The second-order valence-electron chi connectivity index (χ2n) is 8.32. The fourth-order valence-electron chi connectivity index (χ4n) is 3.96. The number of nitrogens with one attached hydrogen (secondary N) is 2. The third-order valence-corrected chi connectivity index (χ3v) is 8.66. The van der Waals surface area contributed by atoms with Crippen molar-refractivity contribution in [3.05, 3.63) is 82.7 Å². The summed E-state index contributed by atoms with van der Waals surface area (Å²) in [5.41, 5.74) is 2.88. The highest BCUT2D eigenvalue weighted by atomic mass is 32.2. The number of hydrogen-bond donors (Lipinski definition) is 2. The largest absolute Gasteiger partial charge is 0.352 e. The number of amides is 2. The molecule has 5 rings (SSSR count). The second kappa shape index (κ2) is 8.64. The zero-order valence-electron chi connectivity index (χ0n) is 17.7. The van der Waals surface area contributed by atoms with E-state index < -0.39 is 16.1 Å². The predicted molar refractivity (Wildman–Crippen MR) is 127 cm³/mol. The molecule has 2 heterocycles. The molecule has 0 bridgehead atoms. The lowest BCUT2D eigenvalue weighted by atomic mass is 9.92. The van der Waals surface area contributed by atoms with Gasteiger partial charge in [-0.25, -0.2) is 8.42 Å². The Bertz CT molecular complexity index is 1280. The van der Waals surface area contributed by atoms with E-state index in [9.17, 15) is 18.0 Å². The lowest BCUT2D eigenvalue weighted by Gasteiger charge is -2.36. The average molecular weight is 482 g/mol. The zero-order chi connectivity index (χ0) is 23.0. The number of nitrogens with zero attached hydrogens (tertiary/aromatic N) is 1. The standard InChI is InChI=1S/C24H23N3O4S2/c28-23(25-19-11-12-19)21-14-17-4-1-2-5-18(17)15-27(21)24(29)16-7-9-20(10-8-16)26-33(30,31)22-6-3-13-32-22/h1-10,13,19,21,26H,11-12,14-15H2,(H,25,28)/t21-/m0/s1. The van der Waals surface area contributed by atoms with Crippen LogP contribution in [0.5, 0.6) is 0 Å². The van der Waals surface area contributed by atoms with Gasteiger partial charge in [-0.15, -0.1) is 11.3 Å². The Morgan fingerprint density at radius 2 is 1.67 bits per heavy atom. The molecule has 3 aromatic rings. The Kier molecular flexibility index (Phi) is 5.67. The molecule has 1 aromatic heterocycles. The highest BCUT2D eigenvalue weighted by Gasteiger charge is 2.37. The molecule has 1 atom stereocenters. The van der Waals surface area contributed by atoms with Crippen LogP contribution in [-0.4, -0.2) is 37.2 Å². The van der Waals surface area contributed by atoms with Gasteiger partial charge in [0.2, 0.25) is 5.91 Å². The van der Waals surface area contributed by atoms with Gasteiger partial charge < -0.3 is 10.2 Å². The number of thiophene rings is 1. The SMILES string of the molecule is O=C(NC1CC1)[C@@H]1Cc2ccccc2CN1C(=O)c1ccc(NS(=O)(=O)c2cccs2)cc1. The fourth-order valence-corrected chi connectivity index (χ4v) is 6.02. The van der Waals surface area contributed by atoms with Gasteiger partial charge in [-0.05, 0) is 59.7 Å². The van der Waals surface area contributed by atoms with E-state index in [1.807, 2.05) is 24.3 Å². The van der Waals surface area contributed by atoms with Crippen molar-refractivity contribution in [2.24, 2.45) is 0 Å². The van der Waals surface area contributed by atoms with Crippen molar-refractivity contribution in [1.29, 1.82) is 0 Å². The van der Waals surface area contributed by atoms with Gasteiger partial charge in [0, 0.05) is 30.3 Å². The van der Waals surface area contributed by atoms with Crippen molar-refractivity contribution in [3.63, 3.8) is 0 Å². The van der Waals surface area contributed by atoms with Crippen LogP contribution in [0.3, 0.4) is 0 Å². The summed E-state index contributed by atoms with van der Waals surface area (Å²) in [5, 5.41) is 4.73. The summed E-state index contributed by atoms with van der Waals surface area (Å²) in [6.45, 7) is 0.352. The Balaban J connectivity index is 1.36. The summed E-state index contributed by atoms with van der Waals surface area (Å²) in [6, 6.07) is 17.0. The summed E-state index contributed by atoms with van der Waals surface area (Å²) in [5.74, 6) is -0.381. The van der Waals surface area contributed by atoms with Crippen molar-refractivity contribution in [2.45, 2.75) is 42.1 Å². The molecule has 170 valence electrons. The maximum atomic E-state index is 13.4. The Hall–Kier alpha value is -3.17. The highest BCUT2D eigenvalue weighted by molar-refractivity contribution is 7.94. The molecule has 9 heteroatoms. The maximum Gasteiger partial charge on any atom is 0.271 e. The minimum atomic E-state index is -3.66. The monoisotopic (exact) mass is 481 g/mol. The van der Waals surface area contributed by atoms with Crippen molar-refractivity contribution >= 4 is 38.9 Å². The number of carbonyl (C=O) groups excluding carboxylic acids is 2. The first-order valence-electron chi connectivity index (χ1n) is 10.8. The third-order valence-electron chi connectivity index (χ3n) is 5.88. The molecule has 2 amide bonds. The minimum absolute atomic E-state index is 0.124. The summed E-state index contributed by atoms with van der Waals surface area (Å²) in [6.07, 6.45) is 2.43. The molecule has 0 unspecified atom stereocenters. The highest BCUT2D eigenvalue weighted by Crippen LogP contribution is 2.27. The lowest BCUT2D eigenvalue weighted by molar-refractivity contribution is -0.126. The third kappa shape index (κ3) is 4.65. The fraction of sp³-hybridized carbons (Fsp3) is 0.250. The van der Waals surface area contributed by atoms with Crippen molar-refractivity contribution < 1.29 is 18.0 Å². The smallest absolute Gasteiger partial charge is 0.271 e. The summed E-state index contributed by atoms with van der Waals surface area (Å²) < 4.78 is 27.6. The Labute approximate surface area is 196 Å². The Morgan fingerprint density at radius 3 is 2.33 bits per heavy atom. The van der Waals surface area contributed by atoms with Crippen LogP contribution in [0.25, 0.3) is 0 Å². The van der Waals surface area contributed by atoms with E-state index >= 15 is 0 Å². The molecule has 0 radical (unpaired) electrons. The summed E-state index contributed by atoms with van der Waals surface area (Å²) >= 11 is 1.13. The van der Waals surface area contributed by atoms with Crippen molar-refractivity contribution in [1.82, 2.24) is 10.2 Å². The van der Waals surface area contributed by atoms with E-state index in [1.54, 1.807) is 40.6 Å². The summed E-state index contributed by atoms with van der Waals surface area (Å²) in [4.78, 5) is 28.0. The van der Waals surface area contributed by atoms with Crippen LogP contribution in [0, 0.1) is 0 Å². The quantitative estimate of drug-likeness (QED) is 0.564. The molecule has 1 saturated carbocycles. The van der Waals surface area contributed by atoms with Gasteiger partial charge in [-0.2, -0.15) is 0 Å². The number of anilines is 1. The van der Waals surface area contributed by atoms with Crippen molar-refractivity contribution in [2.75, 3.05) is 4.72 Å². The van der Waals surface area contributed by atoms with Gasteiger partial charge in [-0.3, -0.25) is 14.3 Å². The van der Waals surface area contributed by atoms with Crippen LogP contribution in [0.1, 0.15) is 34.3 Å². The first-order chi connectivity index (χ1) is 15.9. The maximum absolute atomic E-state index is 13.4. The molecule has 33 heavy (non-hydrogen) atoms. The van der Waals surface area contributed by atoms with E-state index in [-0.39, 0.29) is 22.1 Å². The van der Waals surface area contributed by atoms with E-state index in [4.69, 9.17) is 0 Å². The molecule has 7 nitrogen and oxygen atoms in total. The van der Waals surface area contributed by atoms with Gasteiger partial charge >= 0.3 is 0 Å². The minimum Gasteiger partial charge on any atom is -0.352 e. The number of sulfonamides is 1. The second-order valence-corrected chi connectivity index (χ2v) is 11.2. The number of benzene rings is 2. The lowest BCUT2D eigenvalue weighted by Crippen LogP contribution is -2.53. The molecular formula is C24H23N3O4S2. The normalized spacial score (nSPS) is 17.8. The summed E-state index contributed by atoms with van der Waals surface area (Å²) in [7, 11) is -3.66. The van der Waals surface area contributed by atoms with E-state index in [0.29, 0.717) is 24.2 Å². The molecule has 1 fully saturated rings. The van der Waals surface area contributed by atoms with E-state index in [1.165, 1.54) is 6.07 Å². The molecule has 1 aliphatic carbocycles. The molecular weight excluding hydrogens is 458 g/mol. The van der Waals surface area contributed by atoms with Crippen LogP contribution >= 0.6 is 11.3 Å². The van der Waals surface area contributed by atoms with Gasteiger partial charge in [0.05, 0.1) is 0 Å². The number of carbonyl (C=O) groups is 2. The molecule has 0 spiro atoms. The van der Waals surface area contributed by atoms with Crippen LogP contribution < -0.4 is 10.0 Å². The number of fused-ring (bicyclic) bond motifs is 1. The average Bonchev–Trinajstić information content (AvgIpc) is 3.44. The number of rotatable bonds is 6. The molecule has 0 saturated heterocycles. The first-order valence-corrected chi connectivity index (χ1v) is 13.1. The molecule has 1 aliphatic heterocycles. The van der Waals surface area contributed by atoms with Gasteiger partial charge in [0.15, 0.2) is 0 Å². The van der Waals surface area contributed by atoms with Crippen molar-refractivity contribution in [3.8, 4) is 0 Å². The van der Waals surface area contributed by atoms with Gasteiger partial charge in [0.25, 0.3) is 15.9 Å². The molecule has 2 aromatic carbocycles. The van der Waals surface area contributed by atoms with E-state index in [0.717, 1.165) is 35.3 Å². The van der Waals surface area contributed by atoms with Crippen LogP contribution in [0.2, 0.25) is 0 Å². The van der Waals surface area contributed by atoms with E-state index in [2.05, 4.69) is 10.0 Å². The molecule has 2 N–H and O–H groups in total. The van der Waals surface area contributed by atoms with Gasteiger partial charge in [0.1, 0.15) is 10.3 Å². The predicted octanol–water partition coefficient (Wildman–Crippen LogP) is 3.39. The first kappa shape index (κ1) is 21.7. The zero-order valence-corrected chi connectivity index (χ0v) is 19.4. The topological polar surface area (TPSA) is 95.6 Å². The van der Waals surface area contributed by atoms with Gasteiger partial charge in [-0.1, -0.05) is 30.3 Å². The Morgan fingerprint density at radius 1 is 0.939 bits per heavy atom. The number of hydrogen-bond acceptors (Lipinski definition) is 5. The van der Waals surface area contributed by atoms with Crippen LogP contribution in [0.15, 0.2) is 70.3 Å².